The monoisotopic (exact) mass is 386 g/mol. The molecule has 0 aliphatic heterocycles. The van der Waals surface area contributed by atoms with E-state index in [9.17, 15) is 14.0 Å². The minimum Gasteiger partial charge on any atom is -0.472 e. The number of amides is 2. The van der Waals surface area contributed by atoms with E-state index in [1.54, 1.807) is 19.6 Å². The summed E-state index contributed by atoms with van der Waals surface area (Å²) in [5, 5.41) is 5.25. The molecule has 0 aliphatic carbocycles. The molecule has 0 spiro atoms. The molecule has 0 atom stereocenters. The molecule has 1 aromatic carbocycles. The predicted molar refractivity (Wildman–Crippen MR) is 98.3 cm³/mol. The van der Waals surface area contributed by atoms with Crippen LogP contribution in [0.1, 0.15) is 26.4 Å². The van der Waals surface area contributed by atoms with Crippen LogP contribution in [0.15, 0.2) is 53.7 Å². The summed E-state index contributed by atoms with van der Waals surface area (Å²) in [6, 6.07) is 5.12. The summed E-state index contributed by atoms with van der Waals surface area (Å²) in [5.41, 5.74) is 1.34. The number of aromatic nitrogens is 2. The molecule has 0 aliphatic rings. The fourth-order valence-electron chi connectivity index (χ4n) is 2.55. The van der Waals surface area contributed by atoms with Gasteiger partial charge in [0, 0.05) is 31.1 Å². The number of ether oxygens (including phenoxy) is 1. The summed E-state index contributed by atoms with van der Waals surface area (Å²) in [6.45, 7) is 1.34. The third-order valence-corrected chi connectivity index (χ3v) is 3.97. The Hall–Kier alpha value is -3.46. The zero-order valence-electron chi connectivity index (χ0n) is 15.1. The van der Waals surface area contributed by atoms with Gasteiger partial charge in [-0.1, -0.05) is 0 Å². The minimum atomic E-state index is -0.639. The molecule has 0 saturated carbocycles. The topological polar surface area (TPSA) is 98.4 Å². The standard InChI is InChI=1S/C19H19FN4O4/c1-27-5-3-24-12-21-9-17(24)10-22-18(25)14-6-15(20)8-16(7-14)23-19(26)13-2-4-28-11-13/h2,4,6-9,11-12H,3,5,10H2,1H3,(H,22,25)(H,23,26). The zero-order valence-corrected chi connectivity index (χ0v) is 15.1. The van der Waals surface area contributed by atoms with Gasteiger partial charge in [-0.2, -0.15) is 0 Å². The normalized spacial score (nSPS) is 10.6. The molecule has 2 amide bonds. The first kappa shape index (κ1) is 19.3. The van der Waals surface area contributed by atoms with Crippen molar-refractivity contribution < 1.29 is 23.1 Å². The maximum absolute atomic E-state index is 13.9. The smallest absolute Gasteiger partial charge is 0.258 e. The molecule has 0 bridgehead atoms. The first-order valence-electron chi connectivity index (χ1n) is 8.47. The van der Waals surface area contributed by atoms with Crippen LogP contribution in [-0.2, 0) is 17.8 Å². The molecule has 9 heteroatoms. The molecule has 3 aromatic rings. The van der Waals surface area contributed by atoms with E-state index in [2.05, 4.69) is 15.6 Å². The predicted octanol–water partition coefficient (Wildman–Crippen LogP) is 2.44. The van der Waals surface area contributed by atoms with Crippen LogP contribution in [0.4, 0.5) is 10.1 Å². The van der Waals surface area contributed by atoms with Crippen molar-refractivity contribution in [2.75, 3.05) is 19.0 Å². The Morgan fingerprint density at radius 1 is 1.25 bits per heavy atom. The van der Waals surface area contributed by atoms with E-state index in [0.29, 0.717) is 18.7 Å². The van der Waals surface area contributed by atoms with Gasteiger partial charge in [-0.25, -0.2) is 9.37 Å². The quantitative estimate of drug-likeness (QED) is 0.620. The molecular weight excluding hydrogens is 367 g/mol. The number of nitrogens with one attached hydrogen (secondary N) is 2. The first-order valence-corrected chi connectivity index (χ1v) is 8.47. The van der Waals surface area contributed by atoms with Gasteiger partial charge in [-0.3, -0.25) is 9.59 Å². The fraction of sp³-hybridized carbons (Fsp3) is 0.211. The molecule has 0 fully saturated rings. The first-order chi connectivity index (χ1) is 13.6. The Kier molecular flexibility index (Phi) is 6.18. The molecule has 2 heterocycles. The lowest BCUT2D eigenvalue weighted by Gasteiger charge is -2.10. The van der Waals surface area contributed by atoms with Crippen molar-refractivity contribution in [2.45, 2.75) is 13.1 Å². The van der Waals surface area contributed by atoms with Crippen molar-refractivity contribution in [3.63, 3.8) is 0 Å². The number of furan rings is 1. The van der Waals surface area contributed by atoms with Crippen LogP contribution >= 0.6 is 0 Å². The van der Waals surface area contributed by atoms with E-state index in [1.165, 1.54) is 24.7 Å². The van der Waals surface area contributed by atoms with Gasteiger partial charge in [-0.15, -0.1) is 0 Å². The van der Waals surface area contributed by atoms with Crippen LogP contribution in [0.25, 0.3) is 0 Å². The molecule has 3 rings (SSSR count). The van der Waals surface area contributed by atoms with Crippen LogP contribution in [0, 0.1) is 5.82 Å². The summed E-state index contributed by atoms with van der Waals surface area (Å²) < 4.78 is 25.7. The Morgan fingerprint density at radius 2 is 2.11 bits per heavy atom. The van der Waals surface area contributed by atoms with Crippen molar-refractivity contribution in [1.82, 2.24) is 14.9 Å². The number of halogens is 1. The van der Waals surface area contributed by atoms with Crippen LogP contribution in [0.5, 0.6) is 0 Å². The number of hydrogen-bond acceptors (Lipinski definition) is 5. The maximum atomic E-state index is 13.9. The minimum absolute atomic E-state index is 0.0884. The number of nitrogens with zero attached hydrogens (tertiary/aromatic N) is 2. The number of carbonyl (C=O) groups is 2. The Morgan fingerprint density at radius 3 is 2.86 bits per heavy atom. The Balaban J connectivity index is 1.66. The largest absolute Gasteiger partial charge is 0.472 e. The second-order valence-electron chi connectivity index (χ2n) is 5.95. The number of benzene rings is 1. The van der Waals surface area contributed by atoms with Crippen LogP contribution < -0.4 is 10.6 Å². The number of imidazole rings is 1. The summed E-state index contributed by atoms with van der Waals surface area (Å²) in [5.74, 6) is -1.58. The van der Waals surface area contributed by atoms with Crippen molar-refractivity contribution in [2.24, 2.45) is 0 Å². The molecule has 0 unspecified atom stereocenters. The van der Waals surface area contributed by atoms with Gasteiger partial charge in [0.25, 0.3) is 11.8 Å². The van der Waals surface area contributed by atoms with E-state index in [0.717, 1.165) is 17.8 Å². The number of carbonyl (C=O) groups excluding carboxylic acids is 2. The number of methoxy groups -OCH3 is 1. The zero-order chi connectivity index (χ0) is 19.9. The highest BCUT2D eigenvalue weighted by molar-refractivity contribution is 6.04. The second-order valence-corrected chi connectivity index (χ2v) is 5.95. The molecule has 8 nitrogen and oxygen atoms in total. The van der Waals surface area contributed by atoms with Crippen LogP contribution in [0.3, 0.4) is 0 Å². The van der Waals surface area contributed by atoms with Crippen molar-refractivity contribution >= 4 is 17.5 Å². The van der Waals surface area contributed by atoms with Gasteiger partial charge in [0.1, 0.15) is 12.1 Å². The lowest BCUT2D eigenvalue weighted by molar-refractivity contribution is 0.0948. The van der Waals surface area contributed by atoms with Gasteiger partial charge in [-0.05, 0) is 24.3 Å². The summed E-state index contributed by atoms with van der Waals surface area (Å²) in [6.07, 6.45) is 5.91. The summed E-state index contributed by atoms with van der Waals surface area (Å²) in [4.78, 5) is 28.5. The lowest BCUT2D eigenvalue weighted by Crippen LogP contribution is -2.25. The maximum Gasteiger partial charge on any atom is 0.258 e. The summed E-state index contributed by atoms with van der Waals surface area (Å²) >= 11 is 0. The van der Waals surface area contributed by atoms with E-state index >= 15 is 0 Å². The van der Waals surface area contributed by atoms with Crippen molar-refractivity contribution in [1.29, 1.82) is 0 Å². The highest BCUT2D eigenvalue weighted by Crippen LogP contribution is 2.16. The molecule has 146 valence electrons. The molecular formula is C19H19FN4O4. The highest BCUT2D eigenvalue weighted by Gasteiger charge is 2.13. The van der Waals surface area contributed by atoms with Gasteiger partial charge in [0.2, 0.25) is 0 Å². The van der Waals surface area contributed by atoms with E-state index < -0.39 is 17.6 Å². The SMILES string of the molecule is COCCn1cncc1CNC(=O)c1cc(F)cc(NC(=O)c2ccoc2)c1. The van der Waals surface area contributed by atoms with Crippen molar-refractivity contribution in [3.05, 3.63) is 72.0 Å². The third kappa shape index (κ3) is 4.83. The molecule has 0 saturated heterocycles. The highest BCUT2D eigenvalue weighted by atomic mass is 19.1. The van der Waals surface area contributed by atoms with E-state index in [-0.39, 0.29) is 17.8 Å². The molecule has 2 N–H and O–H groups in total. The number of rotatable bonds is 8. The van der Waals surface area contributed by atoms with Crippen molar-refractivity contribution in [3.8, 4) is 0 Å². The molecule has 28 heavy (non-hydrogen) atoms. The fourth-order valence-corrected chi connectivity index (χ4v) is 2.55. The van der Waals surface area contributed by atoms with Gasteiger partial charge in [0.05, 0.1) is 37.0 Å². The second kappa shape index (κ2) is 8.96. The average Bonchev–Trinajstić information content (AvgIpc) is 3.35. The van der Waals surface area contributed by atoms with Gasteiger partial charge in [0.15, 0.2) is 0 Å². The average molecular weight is 386 g/mol. The summed E-state index contributed by atoms with van der Waals surface area (Å²) in [7, 11) is 1.60. The van der Waals surface area contributed by atoms with Gasteiger partial charge < -0.3 is 24.4 Å². The molecule has 0 radical (unpaired) electrons. The van der Waals surface area contributed by atoms with Crippen LogP contribution in [-0.4, -0.2) is 35.1 Å². The lowest BCUT2D eigenvalue weighted by atomic mass is 10.1. The van der Waals surface area contributed by atoms with Crippen LogP contribution in [0.2, 0.25) is 0 Å². The third-order valence-electron chi connectivity index (χ3n) is 3.97. The van der Waals surface area contributed by atoms with Gasteiger partial charge >= 0.3 is 0 Å². The number of anilines is 1. The number of hydrogen-bond donors (Lipinski definition) is 2. The Labute approximate surface area is 160 Å². The van der Waals surface area contributed by atoms with E-state index in [4.69, 9.17) is 9.15 Å². The molecule has 2 aromatic heterocycles. The van der Waals surface area contributed by atoms with E-state index in [1.807, 2.05) is 4.57 Å². The Bertz CT molecular complexity index is 953.